The highest BCUT2D eigenvalue weighted by Crippen LogP contribution is 2.28. The fourth-order valence-corrected chi connectivity index (χ4v) is 4.54. The van der Waals surface area contributed by atoms with Crippen LogP contribution in [-0.4, -0.2) is 33.3 Å². The van der Waals surface area contributed by atoms with E-state index in [1.54, 1.807) is 36.4 Å². The number of nitrogens with one attached hydrogen (secondary N) is 2. The lowest BCUT2D eigenvalue weighted by Crippen LogP contribution is -2.42. The van der Waals surface area contributed by atoms with Crippen molar-refractivity contribution in [2.75, 3.05) is 13.1 Å². The first-order valence-corrected chi connectivity index (χ1v) is 11.1. The van der Waals surface area contributed by atoms with E-state index in [4.69, 9.17) is 4.42 Å². The molecule has 2 aromatic carbocycles. The van der Waals surface area contributed by atoms with E-state index in [2.05, 4.69) is 10.6 Å². The third-order valence-corrected chi connectivity index (χ3v) is 6.65. The van der Waals surface area contributed by atoms with Gasteiger partial charge in [0.2, 0.25) is 0 Å². The van der Waals surface area contributed by atoms with Crippen molar-refractivity contribution in [3.05, 3.63) is 90.1 Å². The molecule has 2 N–H and O–H groups in total. The molecule has 31 heavy (non-hydrogen) atoms. The number of hydrogen-bond donors (Lipinski definition) is 2. The Hall–Kier alpha value is -3.46. The molecule has 0 radical (unpaired) electrons. The number of hydrogen-bond acceptors (Lipinski definition) is 5. The molecule has 3 rings (SSSR count). The van der Waals surface area contributed by atoms with Gasteiger partial charge in [0, 0.05) is 13.1 Å². The van der Waals surface area contributed by atoms with Crippen LogP contribution in [-0.2, 0) is 25.8 Å². The molecule has 1 atom stereocenters. The summed E-state index contributed by atoms with van der Waals surface area (Å²) in [6.07, 6.45) is 1.75. The Morgan fingerprint density at radius 3 is 2.23 bits per heavy atom. The Labute approximate surface area is 179 Å². The van der Waals surface area contributed by atoms with E-state index in [1.165, 1.54) is 36.6 Å². The molecule has 162 valence electrons. The topological polar surface area (TPSA) is 105 Å². The van der Waals surface area contributed by atoms with E-state index in [0.29, 0.717) is 6.42 Å². The van der Waals surface area contributed by atoms with Gasteiger partial charge in [-0.1, -0.05) is 30.3 Å². The highest BCUT2D eigenvalue weighted by Gasteiger charge is 2.32. The summed E-state index contributed by atoms with van der Waals surface area (Å²) < 4.78 is 44.2. The molecule has 0 unspecified atom stereocenters. The summed E-state index contributed by atoms with van der Waals surface area (Å²) in [6.45, 7) is -0.170. The minimum absolute atomic E-state index is 0.0781. The molecule has 1 aromatic heterocycles. The van der Waals surface area contributed by atoms with Gasteiger partial charge >= 0.3 is 11.8 Å². The third-order valence-electron chi connectivity index (χ3n) is 4.57. The van der Waals surface area contributed by atoms with Crippen molar-refractivity contribution in [1.82, 2.24) is 10.6 Å². The minimum atomic E-state index is -3.87. The fourth-order valence-electron chi connectivity index (χ4n) is 2.93. The van der Waals surface area contributed by atoms with Crippen LogP contribution in [0.4, 0.5) is 4.39 Å². The van der Waals surface area contributed by atoms with Crippen LogP contribution in [0.1, 0.15) is 16.6 Å². The summed E-state index contributed by atoms with van der Waals surface area (Å²) in [4.78, 5) is 24.3. The Morgan fingerprint density at radius 2 is 1.58 bits per heavy atom. The molecule has 3 aromatic rings. The van der Waals surface area contributed by atoms with E-state index < -0.39 is 26.9 Å². The predicted molar refractivity (Wildman–Crippen MR) is 111 cm³/mol. The first-order chi connectivity index (χ1) is 14.9. The monoisotopic (exact) mass is 444 g/mol. The highest BCUT2D eigenvalue weighted by atomic mass is 32.2. The predicted octanol–water partition coefficient (Wildman–Crippen LogP) is 2.41. The van der Waals surface area contributed by atoms with Crippen LogP contribution in [0.5, 0.6) is 0 Å². The first-order valence-electron chi connectivity index (χ1n) is 9.51. The molecule has 1 heterocycles. The second-order valence-corrected chi connectivity index (χ2v) is 8.83. The maximum atomic E-state index is 13.0. The van der Waals surface area contributed by atoms with Gasteiger partial charge in [-0.2, -0.15) is 0 Å². The summed E-state index contributed by atoms with van der Waals surface area (Å²) in [6, 6.07) is 16.6. The molecule has 2 amide bonds. The zero-order valence-electron chi connectivity index (χ0n) is 16.5. The van der Waals surface area contributed by atoms with Crippen LogP contribution >= 0.6 is 0 Å². The van der Waals surface area contributed by atoms with Crippen LogP contribution in [0.2, 0.25) is 0 Å². The zero-order valence-corrected chi connectivity index (χ0v) is 17.3. The molecule has 0 saturated carbocycles. The smallest absolute Gasteiger partial charge is 0.309 e. The fraction of sp³-hybridized carbons (Fsp3) is 0.182. The molecular weight excluding hydrogens is 423 g/mol. The van der Waals surface area contributed by atoms with Crippen LogP contribution in [0, 0.1) is 5.82 Å². The highest BCUT2D eigenvalue weighted by molar-refractivity contribution is 7.91. The van der Waals surface area contributed by atoms with Gasteiger partial charge < -0.3 is 15.1 Å². The minimum Gasteiger partial charge on any atom is -0.468 e. The van der Waals surface area contributed by atoms with E-state index in [9.17, 15) is 22.4 Å². The lowest BCUT2D eigenvalue weighted by Gasteiger charge is -2.16. The van der Waals surface area contributed by atoms with E-state index >= 15 is 0 Å². The number of carbonyl (C=O) groups excluding carboxylic acids is 2. The number of sulfone groups is 1. The lowest BCUT2D eigenvalue weighted by molar-refractivity contribution is -0.139. The van der Waals surface area contributed by atoms with Gasteiger partial charge in [-0.05, 0) is 48.4 Å². The summed E-state index contributed by atoms with van der Waals surface area (Å²) in [5.41, 5.74) is 0.800. The Kier molecular flexibility index (Phi) is 7.19. The van der Waals surface area contributed by atoms with Gasteiger partial charge in [-0.15, -0.1) is 0 Å². The van der Waals surface area contributed by atoms with Gasteiger partial charge in [0.25, 0.3) is 0 Å². The molecular formula is C22H21FN2O5S. The maximum Gasteiger partial charge on any atom is 0.309 e. The van der Waals surface area contributed by atoms with Gasteiger partial charge in [0.15, 0.2) is 9.84 Å². The quantitative estimate of drug-likeness (QED) is 0.519. The van der Waals surface area contributed by atoms with Gasteiger partial charge in [-0.3, -0.25) is 9.59 Å². The summed E-state index contributed by atoms with van der Waals surface area (Å²) in [7, 11) is -3.87. The van der Waals surface area contributed by atoms with Crippen molar-refractivity contribution in [3.63, 3.8) is 0 Å². The zero-order chi connectivity index (χ0) is 22.3. The van der Waals surface area contributed by atoms with Crippen LogP contribution in [0.3, 0.4) is 0 Å². The van der Waals surface area contributed by atoms with Crippen molar-refractivity contribution in [1.29, 1.82) is 0 Å². The van der Waals surface area contributed by atoms with Crippen molar-refractivity contribution in [3.8, 4) is 0 Å². The SMILES string of the molecule is O=C(NCCc1ccc(F)cc1)C(=O)NC[C@@H](c1ccco1)S(=O)(=O)c1ccccc1. The standard InChI is InChI=1S/C22H21FN2O5S/c23-17-10-8-16(9-11-17)12-13-24-21(26)22(27)25-15-20(19-7-4-14-30-19)31(28,29)18-5-2-1-3-6-18/h1-11,14,20H,12-13,15H2,(H,24,26)(H,25,27)/t20-/m0/s1. The third kappa shape index (κ3) is 5.79. The number of benzene rings is 2. The van der Waals surface area contributed by atoms with Crippen molar-refractivity contribution in [2.45, 2.75) is 16.6 Å². The van der Waals surface area contributed by atoms with Crippen molar-refractivity contribution < 1.29 is 26.8 Å². The molecule has 0 aliphatic heterocycles. The average molecular weight is 444 g/mol. The van der Waals surface area contributed by atoms with Crippen molar-refractivity contribution in [2.24, 2.45) is 0 Å². The van der Waals surface area contributed by atoms with Crippen LogP contribution in [0.15, 0.2) is 82.3 Å². The second-order valence-electron chi connectivity index (χ2n) is 6.70. The first kappa shape index (κ1) is 22.2. The maximum absolute atomic E-state index is 13.0. The van der Waals surface area contributed by atoms with Crippen LogP contribution in [0.25, 0.3) is 0 Å². The molecule has 0 saturated heterocycles. The van der Waals surface area contributed by atoms with Gasteiger partial charge in [-0.25, -0.2) is 12.8 Å². The summed E-state index contributed by atoms with van der Waals surface area (Å²) in [5.74, 6) is -2.05. The molecule has 0 fully saturated rings. The van der Waals surface area contributed by atoms with Crippen LogP contribution < -0.4 is 10.6 Å². The summed E-state index contributed by atoms with van der Waals surface area (Å²) in [5, 5.41) is 3.63. The Morgan fingerprint density at radius 1 is 0.903 bits per heavy atom. The number of rotatable bonds is 8. The number of carbonyl (C=O) groups is 2. The number of halogens is 1. The largest absolute Gasteiger partial charge is 0.468 e. The molecule has 7 nitrogen and oxygen atoms in total. The van der Waals surface area contributed by atoms with E-state index in [-0.39, 0.29) is 29.6 Å². The molecule has 0 aliphatic rings. The lowest BCUT2D eigenvalue weighted by atomic mass is 10.1. The normalized spacial score (nSPS) is 12.2. The van der Waals surface area contributed by atoms with E-state index in [0.717, 1.165) is 5.56 Å². The van der Waals surface area contributed by atoms with Gasteiger partial charge in [0.1, 0.15) is 16.8 Å². The Bertz CT molecular complexity index is 1110. The average Bonchev–Trinajstić information content (AvgIpc) is 3.30. The number of furan rings is 1. The van der Waals surface area contributed by atoms with E-state index in [1.807, 2.05) is 0 Å². The Balaban J connectivity index is 1.60. The molecule has 0 bridgehead atoms. The molecule has 0 aliphatic carbocycles. The summed E-state index contributed by atoms with van der Waals surface area (Å²) >= 11 is 0. The molecule has 0 spiro atoms. The number of amides is 2. The van der Waals surface area contributed by atoms with Crippen molar-refractivity contribution >= 4 is 21.7 Å². The second kappa shape index (κ2) is 10.0. The molecule has 9 heteroatoms. The van der Waals surface area contributed by atoms with Gasteiger partial charge in [0.05, 0.1) is 11.2 Å².